The maximum atomic E-state index is 12.4. The Hall–Kier alpha value is -2.08. The summed E-state index contributed by atoms with van der Waals surface area (Å²) in [6.45, 7) is 1.57. The molecule has 4 rings (SSSR count). The molecule has 3 N–H and O–H groups in total. The number of aromatic amines is 1. The molecular formula is C18H16Cl2N4O. The van der Waals surface area contributed by atoms with Crippen molar-refractivity contribution >= 4 is 45.8 Å². The highest BCUT2D eigenvalue weighted by atomic mass is 35.5. The molecule has 0 aliphatic carbocycles. The first-order valence-corrected chi connectivity index (χ1v) is 8.83. The molecule has 128 valence electrons. The molecule has 1 aliphatic rings. The van der Waals surface area contributed by atoms with E-state index in [4.69, 9.17) is 23.2 Å². The van der Waals surface area contributed by atoms with Crippen LogP contribution in [0.3, 0.4) is 0 Å². The number of carbonyl (C=O) groups is 1. The number of amides is 1. The minimum Gasteiger partial charge on any atom is -0.316 e. The number of rotatable bonds is 3. The number of anilines is 1. The lowest BCUT2D eigenvalue weighted by Crippen LogP contribution is -2.24. The predicted molar refractivity (Wildman–Crippen MR) is 101 cm³/mol. The number of H-pyrrole nitrogens is 1. The normalized spacial score (nSPS) is 17.1. The molecule has 0 bridgehead atoms. The van der Waals surface area contributed by atoms with E-state index in [-0.39, 0.29) is 11.8 Å². The lowest BCUT2D eigenvalue weighted by molar-refractivity contribution is -0.119. The standard InChI is InChI=1S/C18H16Cl2N4O/c19-13-2-1-3-14(20)16(13)10-4-5-15-12(8-10)17(24-23-15)22-18(25)11-6-7-21-9-11/h1-5,8,11,21H,6-7,9H2,(H2,22,23,24,25)/t11-/m0/s1. The van der Waals surface area contributed by atoms with Gasteiger partial charge in [0, 0.05) is 27.5 Å². The number of fused-ring (bicyclic) bond motifs is 1. The molecule has 0 spiro atoms. The minimum absolute atomic E-state index is 0.0143. The van der Waals surface area contributed by atoms with Crippen molar-refractivity contribution in [3.8, 4) is 11.1 Å². The minimum atomic E-state index is -0.0204. The zero-order valence-electron chi connectivity index (χ0n) is 13.3. The molecule has 0 radical (unpaired) electrons. The topological polar surface area (TPSA) is 69.8 Å². The molecule has 1 atom stereocenters. The smallest absolute Gasteiger partial charge is 0.230 e. The molecule has 0 saturated carbocycles. The lowest BCUT2D eigenvalue weighted by atomic mass is 10.0. The Morgan fingerprint density at radius 1 is 1.20 bits per heavy atom. The largest absolute Gasteiger partial charge is 0.316 e. The molecule has 1 aliphatic heterocycles. The van der Waals surface area contributed by atoms with Gasteiger partial charge in [0.25, 0.3) is 0 Å². The molecule has 0 unspecified atom stereocenters. The molecule has 25 heavy (non-hydrogen) atoms. The van der Waals surface area contributed by atoms with Crippen LogP contribution in [0.5, 0.6) is 0 Å². The highest BCUT2D eigenvalue weighted by Gasteiger charge is 2.23. The van der Waals surface area contributed by atoms with E-state index in [2.05, 4.69) is 20.8 Å². The van der Waals surface area contributed by atoms with E-state index in [0.717, 1.165) is 35.0 Å². The Morgan fingerprint density at radius 2 is 2.00 bits per heavy atom. The van der Waals surface area contributed by atoms with Crippen molar-refractivity contribution in [1.29, 1.82) is 0 Å². The fourth-order valence-electron chi connectivity index (χ4n) is 3.14. The Morgan fingerprint density at radius 3 is 2.72 bits per heavy atom. The fourth-order valence-corrected chi connectivity index (χ4v) is 3.75. The number of nitrogens with one attached hydrogen (secondary N) is 3. The second kappa shape index (κ2) is 6.67. The van der Waals surface area contributed by atoms with Gasteiger partial charge < -0.3 is 10.6 Å². The van der Waals surface area contributed by atoms with Gasteiger partial charge in [-0.3, -0.25) is 9.89 Å². The van der Waals surface area contributed by atoms with E-state index >= 15 is 0 Å². The number of aromatic nitrogens is 2. The highest BCUT2D eigenvalue weighted by molar-refractivity contribution is 6.39. The molecular weight excluding hydrogens is 359 g/mol. The van der Waals surface area contributed by atoms with E-state index in [1.807, 2.05) is 24.3 Å². The van der Waals surface area contributed by atoms with Crippen LogP contribution in [0.4, 0.5) is 5.82 Å². The van der Waals surface area contributed by atoms with Crippen LogP contribution in [0.2, 0.25) is 10.0 Å². The average molecular weight is 375 g/mol. The predicted octanol–water partition coefficient (Wildman–Crippen LogP) is 4.08. The van der Waals surface area contributed by atoms with Gasteiger partial charge in [-0.25, -0.2) is 0 Å². The van der Waals surface area contributed by atoms with E-state index in [1.54, 1.807) is 12.1 Å². The van der Waals surface area contributed by atoms with Crippen molar-refractivity contribution < 1.29 is 4.79 Å². The van der Waals surface area contributed by atoms with Gasteiger partial charge in [-0.1, -0.05) is 35.3 Å². The van der Waals surface area contributed by atoms with Crippen LogP contribution >= 0.6 is 23.2 Å². The van der Waals surface area contributed by atoms with Gasteiger partial charge in [0.2, 0.25) is 5.91 Å². The summed E-state index contributed by atoms with van der Waals surface area (Å²) in [5.74, 6) is 0.490. The third kappa shape index (κ3) is 3.11. The summed E-state index contributed by atoms with van der Waals surface area (Å²) < 4.78 is 0. The Bertz CT molecular complexity index is 927. The van der Waals surface area contributed by atoms with Gasteiger partial charge in [-0.2, -0.15) is 5.10 Å². The molecule has 2 heterocycles. The second-order valence-electron chi connectivity index (χ2n) is 6.11. The molecule has 1 saturated heterocycles. The molecule has 2 aromatic carbocycles. The van der Waals surface area contributed by atoms with Gasteiger partial charge in [0.1, 0.15) is 0 Å². The first-order chi connectivity index (χ1) is 12.1. The lowest BCUT2D eigenvalue weighted by Gasteiger charge is -2.09. The van der Waals surface area contributed by atoms with Crippen molar-refractivity contribution in [2.24, 2.45) is 5.92 Å². The quantitative estimate of drug-likeness (QED) is 0.646. The number of hydrogen-bond acceptors (Lipinski definition) is 3. The zero-order chi connectivity index (χ0) is 17.4. The van der Waals surface area contributed by atoms with E-state index in [9.17, 15) is 4.79 Å². The van der Waals surface area contributed by atoms with Crippen molar-refractivity contribution in [2.45, 2.75) is 6.42 Å². The fraction of sp³-hybridized carbons (Fsp3) is 0.222. The monoisotopic (exact) mass is 374 g/mol. The molecule has 3 aromatic rings. The van der Waals surface area contributed by atoms with Crippen molar-refractivity contribution in [3.63, 3.8) is 0 Å². The summed E-state index contributed by atoms with van der Waals surface area (Å²) in [6, 6.07) is 11.2. The first kappa shape index (κ1) is 16.4. The maximum absolute atomic E-state index is 12.4. The SMILES string of the molecule is O=C(Nc1n[nH]c2ccc(-c3c(Cl)cccc3Cl)cc12)[C@H]1CCNC1. The number of carbonyl (C=O) groups excluding carboxylic acids is 1. The summed E-state index contributed by atoms with van der Waals surface area (Å²) in [5.41, 5.74) is 2.49. The number of halogens is 2. The van der Waals surface area contributed by atoms with Crippen molar-refractivity contribution in [2.75, 3.05) is 18.4 Å². The third-order valence-electron chi connectivity index (χ3n) is 4.49. The van der Waals surface area contributed by atoms with E-state index in [0.29, 0.717) is 22.4 Å². The second-order valence-corrected chi connectivity index (χ2v) is 6.92. The number of hydrogen-bond donors (Lipinski definition) is 3. The molecule has 1 amide bonds. The van der Waals surface area contributed by atoms with Crippen LogP contribution in [0.15, 0.2) is 36.4 Å². The summed E-state index contributed by atoms with van der Waals surface area (Å²) in [5, 5.41) is 15.3. The van der Waals surface area contributed by atoms with Gasteiger partial charge >= 0.3 is 0 Å². The summed E-state index contributed by atoms with van der Waals surface area (Å²) in [7, 11) is 0. The highest BCUT2D eigenvalue weighted by Crippen LogP contribution is 2.36. The van der Waals surface area contributed by atoms with E-state index in [1.165, 1.54) is 0 Å². The third-order valence-corrected chi connectivity index (χ3v) is 5.12. The summed E-state index contributed by atoms with van der Waals surface area (Å²) in [4.78, 5) is 12.4. The number of nitrogens with zero attached hydrogens (tertiary/aromatic N) is 1. The first-order valence-electron chi connectivity index (χ1n) is 8.07. The number of benzene rings is 2. The molecule has 7 heteroatoms. The van der Waals surface area contributed by atoms with E-state index < -0.39 is 0 Å². The van der Waals surface area contributed by atoms with Crippen LogP contribution in [0.25, 0.3) is 22.0 Å². The van der Waals surface area contributed by atoms with Gasteiger partial charge in [0.05, 0.1) is 11.4 Å². The van der Waals surface area contributed by atoms with Gasteiger partial charge in [-0.15, -0.1) is 0 Å². The molecule has 1 fully saturated rings. The van der Waals surface area contributed by atoms with Gasteiger partial charge in [-0.05, 0) is 42.8 Å². The van der Waals surface area contributed by atoms with Crippen LogP contribution in [-0.4, -0.2) is 29.2 Å². The van der Waals surface area contributed by atoms with Crippen molar-refractivity contribution in [3.05, 3.63) is 46.4 Å². The summed E-state index contributed by atoms with van der Waals surface area (Å²) in [6.07, 6.45) is 0.842. The Balaban J connectivity index is 1.71. The zero-order valence-corrected chi connectivity index (χ0v) is 14.8. The summed E-state index contributed by atoms with van der Waals surface area (Å²) >= 11 is 12.6. The van der Waals surface area contributed by atoms with Crippen LogP contribution in [0, 0.1) is 5.92 Å². The average Bonchev–Trinajstić information content (AvgIpc) is 3.25. The van der Waals surface area contributed by atoms with Crippen LogP contribution in [-0.2, 0) is 4.79 Å². The maximum Gasteiger partial charge on any atom is 0.230 e. The van der Waals surface area contributed by atoms with Crippen LogP contribution in [0.1, 0.15) is 6.42 Å². The van der Waals surface area contributed by atoms with Crippen LogP contribution < -0.4 is 10.6 Å². The van der Waals surface area contributed by atoms with Crippen molar-refractivity contribution in [1.82, 2.24) is 15.5 Å². The molecule has 1 aromatic heterocycles. The van der Waals surface area contributed by atoms with Gasteiger partial charge in [0.15, 0.2) is 5.82 Å². The molecule has 5 nitrogen and oxygen atoms in total. The Kier molecular flexibility index (Phi) is 4.37. The Labute approximate surface area is 154 Å².